The summed E-state index contributed by atoms with van der Waals surface area (Å²) >= 11 is 0. The lowest BCUT2D eigenvalue weighted by atomic mass is 10.2. The molecule has 2 amide bonds. The molecule has 21 heavy (non-hydrogen) atoms. The van der Waals surface area contributed by atoms with Gasteiger partial charge in [0, 0.05) is 0 Å². The third kappa shape index (κ3) is 3.73. The number of hydrogen-bond acceptors (Lipinski definition) is 4. The summed E-state index contributed by atoms with van der Waals surface area (Å²) in [6, 6.07) is 11.9. The third-order valence-corrected chi connectivity index (χ3v) is 4.11. The number of nitrogen functional groups attached to an aromatic ring is 1. The molecular formula is C14H15N3O3S. The van der Waals surface area contributed by atoms with Crippen molar-refractivity contribution >= 4 is 27.4 Å². The molecule has 4 N–H and O–H groups in total. The largest absolute Gasteiger partial charge is 0.397 e. The average molecular weight is 305 g/mol. The van der Waals surface area contributed by atoms with Crippen LogP contribution >= 0.6 is 0 Å². The zero-order valence-electron chi connectivity index (χ0n) is 11.3. The second kappa shape index (κ2) is 5.84. The van der Waals surface area contributed by atoms with E-state index in [4.69, 9.17) is 5.73 Å². The molecule has 0 fully saturated rings. The van der Waals surface area contributed by atoms with E-state index in [1.54, 1.807) is 36.4 Å². The highest BCUT2D eigenvalue weighted by Crippen LogP contribution is 2.17. The average Bonchev–Trinajstić information content (AvgIpc) is 2.41. The van der Waals surface area contributed by atoms with Crippen LogP contribution in [-0.4, -0.2) is 14.4 Å². The molecule has 6 nitrogen and oxygen atoms in total. The van der Waals surface area contributed by atoms with Gasteiger partial charge in [-0.25, -0.2) is 17.9 Å². The van der Waals surface area contributed by atoms with Crippen molar-refractivity contribution in [2.24, 2.45) is 0 Å². The molecule has 2 rings (SSSR count). The molecule has 2 aromatic carbocycles. The fourth-order valence-corrected chi connectivity index (χ4v) is 2.56. The van der Waals surface area contributed by atoms with Gasteiger partial charge in [-0.3, -0.25) is 0 Å². The van der Waals surface area contributed by atoms with E-state index in [1.807, 2.05) is 11.6 Å². The Bertz CT molecular complexity index is 755. The van der Waals surface area contributed by atoms with Crippen LogP contribution in [0.4, 0.5) is 16.2 Å². The van der Waals surface area contributed by atoms with Gasteiger partial charge in [-0.05, 0) is 31.2 Å². The first-order chi connectivity index (χ1) is 9.88. The fourth-order valence-electron chi connectivity index (χ4n) is 1.66. The van der Waals surface area contributed by atoms with Crippen LogP contribution in [0.15, 0.2) is 53.4 Å². The highest BCUT2D eigenvalue weighted by molar-refractivity contribution is 7.90. The number of benzene rings is 2. The molecule has 0 spiro atoms. The summed E-state index contributed by atoms with van der Waals surface area (Å²) in [7, 11) is -3.91. The van der Waals surface area contributed by atoms with E-state index >= 15 is 0 Å². The molecular weight excluding hydrogens is 290 g/mol. The number of nitrogens with one attached hydrogen (secondary N) is 2. The normalized spacial score (nSPS) is 10.9. The van der Waals surface area contributed by atoms with Crippen molar-refractivity contribution in [3.05, 3.63) is 54.1 Å². The number of nitrogens with two attached hydrogens (primary N) is 1. The third-order valence-electron chi connectivity index (χ3n) is 2.77. The monoisotopic (exact) mass is 305 g/mol. The van der Waals surface area contributed by atoms with Gasteiger partial charge in [-0.15, -0.1) is 0 Å². The highest BCUT2D eigenvalue weighted by Gasteiger charge is 2.17. The van der Waals surface area contributed by atoms with Gasteiger partial charge in [-0.1, -0.05) is 29.8 Å². The van der Waals surface area contributed by atoms with Crippen LogP contribution in [0.2, 0.25) is 0 Å². The summed E-state index contributed by atoms with van der Waals surface area (Å²) < 4.78 is 26.0. The van der Waals surface area contributed by atoms with Crippen LogP contribution in [-0.2, 0) is 10.0 Å². The SMILES string of the molecule is Cc1ccc(S(=O)(=O)NC(=O)Nc2ccccc2N)cc1. The molecule has 0 saturated heterocycles. The quantitative estimate of drug-likeness (QED) is 0.756. The molecule has 7 heteroatoms. The molecule has 2 aromatic rings. The van der Waals surface area contributed by atoms with Gasteiger partial charge in [0.1, 0.15) is 0 Å². The summed E-state index contributed by atoms with van der Waals surface area (Å²) in [5, 5.41) is 2.39. The number of hydrogen-bond donors (Lipinski definition) is 3. The summed E-state index contributed by atoms with van der Waals surface area (Å²) in [5.41, 5.74) is 7.28. The Kier molecular flexibility index (Phi) is 4.13. The van der Waals surface area contributed by atoms with E-state index in [-0.39, 0.29) is 4.90 Å². The molecule has 0 aliphatic carbocycles. The van der Waals surface area contributed by atoms with Crippen molar-refractivity contribution in [1.29, 1.82) is 0 Å². The van der Waals surface area contributed by atoms with Crippen LogP contribution in [0.25, 0.3) is 0 Å². The second-order valence-corrected chi connectivity index (χ2v) is 6.14. The predicted octanol–water partition coefficient (Wildman–Crippen LogP) is 2.09. The van der Waals surface area contributed by atoms with Gasteiger partial charge in [0.05, 0.1) is 16.3 Å². The number of amides is 2. The van der Waals surface area contributed by atoms with Crippen molar-refractivity contribution in [1.82, 2.24) is 4.72 Å². The predicted molar refractivity (Wildman–Crippen MR) is 81.4 cm³/mol. The lowest BCUT2D eigenvalue weighted by molar-refractivity contribution is 0.256. The first-order valence-corrected chi connectivity index (χ1v) is 7.62. The van der Waals surface area contributed by atoms with Crippen LogP contribution in [0.1, 0.15) is 5.56 Å². The van der Waals surface area contributed by atoms with Crippen LogP contribution in [0.3, 0.4) is 0 Å². The summed E-state index contributed by atoms with van der Waals surface area (Å²) in [6.07, 6.45) is 0. The van der Waals surface area contributed by atoms with Crippen LogP contribution < -0.4 is 15.8 Å². The molecule has 0 saturated carbocycles. The number of rotatable bonds is 3. The second-order valence-electron chi connectivity index (χ2n) is 4.46. The van der Waals surface area contributed by atoms with Crippen molar-refractivity contribution in [3.63, 3.8) is 0 Å². The minimum Gasteiger partial charge on any atom is -0.397 e. The first kappa shape index (κ1) is 14.9. The molecule has 110 valence electrons. The van der Waals surface area contributed by atoms with Gasteiger partial charge >= 0.3 is 6.03 Å². The molecule has 0 bridgehead atoms. The van der Waals surface area contributed by atoms with Gasteiger partial charge in [0.2, 0.25) is 0 Å². The standard InChI is InChI=1S/C14H15N3O3S/c1-10-6-8-11(9-7-10)21(19,20)17-14(18)16-13-5-3-2-4-12(13)15/h2-9H,15H2,1H3,(H2,16,17,18). The summed E-state index contributed by atoms with van der Waals surface area (Å²) in [6.45, 7) is 1.84. The van der Waals surface area contributed by atoms with Gasteiger partial charge in [0.15, 0.2) is 0 Å². The molecule has 0 aliphatic rings. The maximum atomic E-state index is 12.0. The Morgan fingerprint density at radius 2 is 1.67 bits per heavy atom. The van der Waals surface area contributed by atoms with E-state index in [2.05, 4.69) is 5.32 Å². The Morgan fingerprint density at radius 1 is 1.05 bits per heavy atom. The number of urea groups is 1. The minimum absolute atomic E-state index is 0.0179. The van der Waals surface area contributed by atoms with E-state index in [0.29, 0.717) is 11.4 Å². The van der Waals surface area contributed by atoms with Crippen molar-refractivity contribution in [2.45, 2.75) is 11.8 Å². The molecule has 0 aromatic heterocycles. The number of sulfonamides is 1. The number of carbonyl (C=O) groups excluding carboxylic acids is 1. The van der Waals surface area contributed by atoms with Gasteiger partial charge in [0.25, 0.3) is 10.0 Å². The topological polar surface area (TPSA) is 101 Å². The Morgan fingerprint density at radius 3 is 2.29 bits per heavy atom. The van der Waals surface area contributed by atoms with E-state index in [0.717, 1.165) is 5.56 Å². The number of anilines is 2. The van der Waals surface area contributed by atoms with E-state index < -0.39 is 16.1 Å². The number of aryl methyl sites for hydroxylation is 1. The molecule has 0 heterocycles. The molecule has 0 radical (unpaired) electrons. The zero-order valence-corrected chi connectivity index (χ0v) is 12.1. The Labute approximate surface area is 123 Å². The lowest BCUT2D eigenvalue weighted by Crippen LogP contribution is -2.34. The number of para-hydroxylation sites is 2. The van der Waals surface area contributed by atoms with E-state index in [1.165, 1.54) is 12.1 Å². The van der Waals surface area contributed by atoms with Crippen LogP contribution in [0.5, 0.6) is 0 Å². The van der Waals surface area contributed by atoms with Crippen molar-refractivity contribution in [2.75, 3.05) is 11.1 Å². The minimum atomic E-state index is -3.91. The maximum absolute atomic E-state index is 12.0. The Hall–Kier alpha value is -2.54. The highest BCUT2D eigenvalue weighted by atomic mass is 32.2. The van der Waals surface area contributed by atoms with E-state index in [9.17, 15) is 13.2 Å². The van der Waals surface area contributed by atoms with Gasteiger partial charge in [-0.2, -0.15) is 0 Å². The molecule has 0 aliphatic heterocycles. The summed E-state index contributed by atoms with van der Waals surface area (Å²) in [4.78, 5) is 11.8. The smallest absolute Gasteiger partial charge is 0.333 e. The fraction of sp³-hybridized carbons (Fsp3) is 0.0714. The Balaban J connectivity index is 2.12. The van der Waals surface area contributed by atoms with Crippen molar-refractivity contribution < 1.29 is 13.2 Å². The molecule has 0 unspecified atom stereocenters. The van der Waals surface area contributed by atoms with Gasteiger partial charge < -0.3 is 11.1 Å². The molecule has 0 atom stereocenters. The maximum Gasteiger partial charge on any atom is 0.333 e. The lowest BCUT2D eigenvalue weighted by Gasteiger charge is -2.10. The summed E-state index contributed by atoms with van der Waals surface area (Å²) in [5.74, 6) is 0. The van der Waals surface area contributed by atoms with Crippen molar-refractivity contribution in [3.8, 4) is 0 Å². The zero-order chi connectivity index (χ0) is 15.5. The van der Waals surface area contributed by atoms with Crippen LogP contribution in [0, 0.1) is 6.92 Å². The number of carbonyl (C=O) groups is 1. The first-order valence-electron chi connectivity index (χ1n) is 6.13.